The molecule has 2 heterocycles. The van der Waals surface area contributed by atoms with E-state index in [0.717, 1.165) is 36.6 Å². The number of amides is 3. The fraction of sp³-hybridized carbons (Fsp3) is 0.538. The number of hydrogen-bond acceptors (Lipinski definition) is 4. The molecule has 1 aromatic heterocycles. The molecule has 0 bridgehead atoms. The zero-order chi connectivity index (χ0) is 23.9. The fourth-order valence-electron chi connectivity index (χ4n) is 5.24. The highest BCUT2D eigenvalue weighted by Gasteiger charge is 2.31. The van der Waals surface area contributed by atoms with Gasteiger partial charge >= 0.3 is 0 Å². The van der Waals surface area contributed by atoms with E-state index in [0.29, 0.717) is 37.4 Å². The van der Waals surface area contributed by atoms with E-state index < -0.39 is 12.1 Å². The van der Waals surface area contributed by atoms with Crippen LogP contribution in [0.3, 0.4) is 0 Å². The molecule has 0 unspecified atom stereocenters. The molecule has 8 heteroatoms. The van der Waals surface area contributed by atoms with Gasteiger partial charge in [-0.05, 0) is 37.3 Å². The van der Waals surface area contributed by atoms with Crippen LogP contribution in [-0.4, -0.2) is 41.3 Å². The van der Waals surface area contributed by atoms with Crippen LogP contribution >= 0.6 is 0 Å². The van der Waals surface area contributed by atoms with Crippen molar-refractivity contribution in [3.63, 3.8) is 0 Å². The van der Waals surface area contributed by atoms with Crippen LogP contribution in [0.25, 0.3) is 10.9 Å². The van der Waals surface area contributed by atoms with Crippen LogP contribution in [0.5, 0.6) is 0 Å². The van der Waals surface area contributed by atoms with Gasteiger partial charge in [-0.25, -0.2) is 0 Å². The Hall–Kier alpha value is -3.34. The van der Waals surface area contributed by atoms with E-state index in [1.54, 1.807) is 6.07 Å². The number of rotatable bonds is 9. The van der Waals surface area contributed by atoms with Crippen molar-refractivity contribution in [2.24, 2.45) is 11.8 Å². The third-order valence-electron chi connectivity index (χ3n) is 7.11. The van der Waals surface area contributed by atoms with Gasteiger partial charge in [0, 0.05) is 29.4 Å². The summed E-state index contributed by atoms with van der Waals surface area (Å²) in [6, 6.07) is 10.4. The van der Waals surface area contributed by atoms with Gasteiger partial charge in [0.05, 0.1) is 12.5 Å². The number of aromatic amines is 1. The molecule has 1 aliphatic heterocycles. The average Bonchev–Trinajstić information content (AvgIpc) is 3.45. The number of nitrogens with one attached hydrogen (secondary N) is 4. The Morgan fingerprint density at radius 2 is 1.88 bits per heavy atom. The average molecular weight is 464 g/mol. The van der Waals surface area contributed by atoms with E-state index in [2.05, 4.69) is 27.0 Å². The summed E-state index contributed by atoms with van der Waals surface area (Å²) < 4.78 is 0. The van der Waals surface area contributed by atoms with Crippen molar-refractivity contribution in [2.75, 3.05) is 6.54 Å². The molecule has 2 fully saturated rings. The van der Waals surface area contributed by atoms with Crippen molar-refractivity contribution in [2.45, 2.75) is 69.9 Å². The van der Waals surface area contributed by atoms with Gasteiger partial charge in [0.15, 0.2) is 0 Å². The van der Waals surface area contributed by atoms with Crippen LogP contribution in [0.2, 0.25) is 0 Å². The standard InChI is InChI=1S/C26H33N5O3/c27-12-10-20(15-19-11-13-28-24(19)32)29-25(33)22(14-17-6-2-1-3-7-17)31-26(34)23-16-18-8-4-5-9-21(18)30-23/h4-5,8-9,16-17,19-20,22,30H,1-3,6-7,10-11,13-15H2,(H,28,32)(H,29,33)(H,31,34)/t19-,20+,22-/m0/s1. The molecule has 1 saturated heterocycles. The molecule has 34 heavy (non-hydrogen) atoms. The fourth-order valence-corrected chi connectivity index (χ4v) is 5.24. The summed E-state index contributed by atoms with van der Waals surface area (Å²) >= 11 is 0. The van der Waals surface area contributed by atoms with E-state index in [-0.39, 0.29) is 30.1 Å². The summed E-state index contributed by atoms with van der Waals surface area (Å²) in [5.41, 5.74) is 1.28. The van der Waals surface area contributed by atoms with Crippen LogP contribution in [0.15, 0.2) is 30.3 Å². The maximum absolute atomic E-state index is 13.4. The summed E-state index contributed by atoms with van der Waals surface area (Å²) in [7, 11) is 0. The zero-order valence-electron chi connectivity index (χ0n) is 19.4. The van der Waals surface area contributed by atoms with Crippen molar-refractivity contribution in [3.8, 4) is 6.07 Å². The topological polar surface area (TPSA) is 127 Å². The molecule has 3 amide bonds. The highest BCUT2D eigenvalue weighted by molar-refractivity contribution is 6.00. The molecule has 4 rings (SSSR count). The molecular formula is C26H33N5O3. The number of benzene rings is 1. The minimum atomic E-state index is -0.694. The molecule has 1 aromatic carbocycles. The first-order chi connectivity index (χ1) is 16.5. The third kappa shape index (κ3) is 5.96. The number of H-pyrrole nitrogens is 1. The van der Waals surface area contributed by atoms with Crippen LogP contribution in [0.4, 0.5) is 0 Å². The monoisotopic (exact) mass is 463 g/mol. The number of carbonyl (C=O) groups excluding carboxylic acids is 3. The molecule has 4 N–H and O–H groups in total. The number of carbonyl (C=O) groups is 3. The van der Waals surface area contributed by atoms with Crippen molar-refractivity contribution >= 4 is 28.6 Å². The van der Waals surface area contributed by atoms with Crippen molar-refractivity contribution < 1.29 is 14.4 Å². The minimum Gasteiger partial charge on any atom is -0.356 e. The van der Waals surface area contributed by atoms with Gasteiger partial charge in [0.2, 0.25) is 11.8 Å². The molecule has 2 aromatic rings. The third-order valence-corrected chi connectivity index (χ3v) is 7.11. The lowest BCUT2D eigenvalue weighted by Gasteiger charge is -2.28. The molecule has 0 radical (unpaired) electrons. The summed E-state index contributed by atoms with van der Waals surface area (Å²) in [4.78, 5) is 41.6. The maximum Gasteiger partial charge on any atom is 0.268 e. The summed E-state index contributed by atoms with van der Waals surface area (Å²) in [5, 5.41) is 18.9. The first-order valence-corrected chi connectivity index (χ1v) is 12.4. The second-order valence-electron chi connectivity index (χ2n) is 9.62. The summed E-state index contributed by atoms with van der Waals surface area (Å²) in [6.07, 6.45) is 7.43. The predicted molar refractivity (Wildman–Crippen MR) is 129 cm³/mol. The highest BCUT2D eigenvalue weighted by atomic mass is 16.2. The lowest BCUT2D eigenvalue weighted by atomic mass is 9.84. The van der Waals surface area contributed by atoms with Crippen LogP contribution < -0.4 is 16.0 Å². The molecule has 1 saturated carbocycles. The first kappa shape index (κ1) is 23.8. The van der Waals surface area contributed by atoms with Gasteiger partial charge in [-0.1, -0.05) is 50.3 Å². The molecule has 180 valence electrons. The summed E-state index contributed by atoms with van der Waals surface area (Å²) in [5.74, 6) is -0.449. The SMILES string of the molecule is N#CC[C@H](C[C@@H]1CCNC1=O)NC(=O)[C@H](CC1CCCCC1)NC(=O)c1cc2ccccc2[nH]1. The van der Waals surface area contributed by atoms with Crippen LogP contribution in [0.1, 0.15) is 68.3 Å². The van der Waals surface area contributed by atoms with Gasteiger partial charge in [-0.3, -0.25) is 14.4 Å². The van der Waals surface area contributed by atoms with E-state index in [1.165, 1.54) is 6.42 Å². The lowest BCUT2D eigenvalue weighted by molar-refractivity contribution is -0.126. The molecule has 2 aliphatic rings. The van der Waals surface area contributed by atoms with E-state index in [9.17, 15) is 19.6 Å². The number of nitrogens with zero attached hydrogens (tertiary/aromatic N) is 1. The van der Waals surface area contributed by atoms with Gasteiger partial charge in [0.25, 0.3) is 5.91 Å². The molecule has 0 spiro atoms. The second-order valence-corrected chi connectivity index (χ2v) is 9.62. The van der Waals surface area contributed by atoms with E-state index in [4.69, 9.17) is 0 Å². The molecular weight excluding hydrogens is 430 g/mol. The van der Waals surface area contributed by atoms with Gasteiger partial charge in [0.1, 0.15) is 11.7 Å². The van der Waals surface area contributed by atoms with Crippen molar-refractivity contribution in [1.29, 1.82) is 5.26 Å². The highest BCUT2D eigenvalue weighted by Crippen LogP contribution is 2.28. The predicted octanol–water partition coefficient (Wildman–Crippen LogP) is 3.16. The number of aromatic nitrogens is 1. The smallest absolute Gasteiger partial charge is 0.268 e. The Bertz CT molecular complexity index is 1030. The zero-order valence-corrected chi connectivity index (χ0v) is 19.4. The van der Waals surface area contributed by atoms with Crippen molar-refractivity contribution in [1.82, 2.24) is 20.9 Å². The van der Waals surface area contributed by atoms with E-state index >= 15 is 0 Å². The number of fused-ring (bicyclic) bond motifs is 1. The Morgan fingerprint density at radius 3 is 2.59 bits per heavy atom. The number of hydrogen-bond donors (Lipinski definition) is 4. The maximum atomic E-state index is 13.4. The normalized spacial score (nSPS) is 20.3. The van der Waals surface area contributed by atoms with Gasteiger partial charge in [-0.2, -0.15) is 5.26 Å². The second kappa shape index (κ2) is 11.2. The van der Waals surface area contributed by atoms with Crippen molar-refractivity contribution in [3.05, 3.63) is 36.0 Å². The van der Waals surface area contributed by atoms with Gasteiger partial charge < -0.3 is 20.9 Å². The molecule has 3 atom stereocenters. The molecule has 8 nitrogen and oxygen atoms in total. The van der Waals surface area contributed by atoms with Crippen LogP contribution in [0, 0.1) is 23.2 Å². The van der Waals surface area contributed by atoms with E-state index in [1.807, 2.05) is 24.3 Å². The Labute approximate surface area is 199 Å². The van der Waals surface area contributed by atoms with Gasteiger partial charge in [-0.15, -0.1) is 0 Å². The lowest BCUT2D eigenvalue weighted by Crippen LogP contribution is -2.51. The Balaban J connectivity index is 1.46. The molecule has 1 aliphatic carbocycles. The first-order valence-electron chi connectivity index (χ1n) is 12.4. The Kier molecular flexibility index (Phi) is 7.84. The quantitative estimate of drug-likeness (QED) is 0.455. The van der Waals surface area contributed by atoms with Crippen LogP contribution in [-0.2, 0) is 9.59 Å². The minimum absolute atomic E-state index is 0.0249. The summed E-state index contributed by atoms with van der Waals surface area (Å²) in [6.45, 7) is 0.627. The largest absolute Gasteiger partial charge is 0.356 e. The Morgan fingerprint density at radius 1 is 1.09 bits per heavy atom. The number of para-hydroxylation sites is 1. The number of nitriles is 1.